The molecule has 2 rings (SSSR count). The molecule has 0 radical (unpaired) electrons. The first kappa shape index (κ1) is 16.0. The van der Waals surface area contributed by atoms with Crippen LogP contribution in [0.1, 0.15) is 28.4 Å². The van der Waals surface area contributed by atoms with E-state index in [0.717, 1.165) is 18.7 Å². The number of benzene rings is 2. The highest BCUT2D eigenvalue weighted by atomic mass is 16.1. The van der Waals surface area contributed by atoms with Gasteiger partial charge in [0.1, 0.15) is 0 Å². The van der Waals surface area contributed by atoms with Gasteiger partial charge in [-0.1, -0.05) is 60.7 Å². The van der Waals surface area contributed by atoms with Crippen molar-refractivity contribution in [1.82, 2.24) is 10.6 Å². The van der Waals surface area contributed by atoms with Gasteiger partial charge in [0.15, 0.2) is 0 Å². The summed E-state index contributed by atoms with van der Waals surface area (Å²) in [6.45, 7) is 4.11. The fourth-order valence-electron chi connectivity index (χ4n) is 2.22. The molecule has 0 spiro atoms. The fourth-order valence-corrected chi connectivity index (χ4v) is 2.22. The molecule has 2 N–H and O–H groups in total. The van der Waals surface area contributed by atoms with E-state index in [-0.39, 0.29) is 5.91 Å². The molecule has 0 saturated heterocycles. The molecule has 0 aromatic heterocycles. The third-order valence-corrected chi connectivity index (χ3v) is 3.31. The number of allylic oxidation sites excluding steroid dienone is 1. The third kappa shape index (κ3) is 4.86. The molecular formula is C19H22N2O. The first-order valence-electron chi connectivity index (χ1n) is 7.56. The second-order valence-corrected chi connectivity index (χ2v) is 5.01. The van der Waals surface area contributed by atoms with E-state index in [1.807, 2.05) is 61.5 Å². The molecular weight excluding hydrogens is 272 g/mol. The second kappa shape index (κ2) is 8.80. The van der Waals surface area contributed by atoms with Gasteiger partial charge < -0.3 is 10.6 Å². The fraction of sp³-hybridized carbons (Fsp3) is 0.211. The van der Waals surface area contributed by atoms with Crippen molar-refractivity contribution in [3.05, 3.63) is 77.4 Å². The quantitative estimate of drug-likeness (QED) is 0.770. The molecule has 0 atom stereocenters. The normalized spacial score (nSPS) is 10.8. The molecule has 22 heavy (non-hydrogen) atoms. The Morgan fingerprint density at radius 3 is 2.50 bits per heavy atom. The van der Waals surface area contributed by atoms with Crippen LogP contribution in [0.3, 0.4) is 0 Å². The van der Waals surface area contributed by atoms with Gasteiger partial charge in [0, 0.05) is 25.2 Å². The highest BCUT2D eigenvalue weighted by Gasteiger charge is 2.07. The van der Waals surface area contributed by atoms with Gasteiger partial charge in [-0.3, -0.25) is 4.79 Å². The topological polar surface area (TPSA) is 41.1 Å². The van der Waals surface area contributed by atoms with E-state index in [1.54, 1.807) is 0 Å². The lowest BCUT2D eigenvalue weighted by molar-refractivity contribution is 0.0953. The Hall–Kier alpha value is -2.39. The molecule has 0 saturated carbocycles. The summed E-state index contributed by atoms with van der Waals surface area (Å²) in [5.41, 5.74) is 2.90. The summed E-state index contributed by atoms with van der Waals surface area (Å²) in [5, 5.41) is 6.27. The highest BCUT2D eigenvalue weighted by molar-refractivity contribution is 5.97. The molecule has 0 unspecified atom stereocenters. The Morgan fingerprint density at radius 1 is 1.00 bits per heavy atom. The van der Waals surface area contributed by atoms with Crippen LogP contribution >= 0.6 is 0 Å². The number of hydrogen-bond donors (Lipinski definition) is 2. The number of carbonyl (C=O) groups is 1. The number of hydrogen-bond acceptors (Lipinski definition) is 2. The molecule has 0 heterocycles. The number of carbonyl (C=O) groups excluding carboxylic acids is 1. The average molecular weight is 294 g/mol. The van der Waals surface area contributed by atoms with Crippen molar-refractivity contribution >= 4 is 12.0 Å². The molecule has 0 aliphatic carbocycles. The van der Waals surface area contributed by atoms with Crippen LogP contribution in [0.2, 0.25) is 0 Å². The van der Waals surface area contributed by atoms with Crippen LogP contribution < -0.4 is 10.6 Å². The number of nitrogens with one attached hydrogen (secondary N) is 2. The maximum absolute atomic E-state index is 12.2. The zero-order valence-electron chi connectivity index (χ0n) is 12.9. The van der Waals surface area contributed by atoms with Crippen molar-refractivity contribution in [3.8, 4) is 0 Å². The lowest BCUT2D eigenvalue weighted by atomic mass is 10.1. The minimum absolute atomic E-state index is 0.0322. The van der Waals surface area contributed by atoms with Gasteiger partial charge in [-0.25, -0.2) is 0 Å². The van der Waals surface area contributed by atoms with Crippen molar-refractivity contribution in [2.45, 2.75) is 13.5 Å². The monoisotopic (exact) mass is 294 g/mol. The molecule has 114 valence electrons. The smallest absolute Gasteiger partial charge is 0.251 e. The minimum Gasteiger partial charge on any atom is -0.351 e. The molecule has 0 aliphatic heterocycles. The molecule has 3 heteroatoms. The van der Waals surface area contributed by atoms with Crippen molar-refractivity contribution in [3.63, 3.8) is 0 Å². The van der Waals surface area contributed by atoms with Crippen molar-refractivity contribution in [1.29, 1.82) is 0 Å². The van der Waals surface area contributed by atoms with Crippen molar-refractivity contribution in [2.24, 2.45) is 0 Å². The first-order valence-corrected chi connectivity index (χ1v) is 7.56. The van der Waals surface area contributed by atoms with Gasteiger partial charge in [0.2, 0.25) is 0 Å². The Bertz CT molecular complexity index is 620. The average Bonchev–Trinajstić information content (AvgIpc) is 2.56. The highest BCUT2D eigenvalue weighted by Crippen LogP contribution is 2.10. The van der Waals surface area contributed by atoms with Gasteiger partial charge in [0.25, 0.3) is 5.91 Å². The number of amides is 1. The largest absolute Gasteiger partial charge is 0.351 e. The van der Waals surface area contributed by atoms with Crippen LogP contribution in [0.5, 0.6) is 0 Å². The van der Waals surface area contributed by atoms with Gasteiger partial charge >= 0.3 is 0 Å². The minimum atomic E-state index is -0.0322. The first-order chi connectivity index (χ1) is 10.8. The van der Waals surface area contributed by atoms with E-state index in [9.17, 15) is 4.79 Å². The van der Waals surface area contributed by atoms with Crippen molar-refractivity contribution in [2.75, 3.05) is 13.1 Å². The summed E-state index contributed by atoms with van der Waals surface area (Å²) in [4.78, 5) is 12.2. The zero-order valence-corrected chi connectivity index (χ0v) is 12.9. The lowest BCUT2D eigenvalue weighted by Gasteiger charge is -2.09. The Labute approximate surface area is 132 Å². The van der Waals surface area contributed by atoms with Crippen LogP contribution in [0.25, 0.3) is 6.08 Å². The molecule has 3 nitrogen and oxygen atoms in total. The van der Waals surface area contributed by atoms with E-state index in [2.05, 4.69) is 22.8 Å². The summed E-state index contributed by atoms with van der Waals surface area (Å²) >= 11 is 0. The van der Waals surface area contributed by atoms with E-state index in [1.165, 1.54) is 5.56 Å². The molecule has 0 bridgehead atoms. The Balaban J connectivity index is 1.76. The molecule has 2 aromatic rings. The second-order valence-electron chi connectivity index (χ2n) is 5.01. The van der Waals surface area contributed by atoms with Crippen LogP contribution in [-0.2, 0) is 6.54 Å². The summed E-state index contributed by atoms with van der Waals surface area (Å²) in [5.74, 6) is -0.0322. The maximum atomic E-state index is 12.2. The third-order valence-electron chi connectivity index (χ3n) is 3.31. The molecule has 2 aromatic carbocycles. The van der Waals surface area contributed by atoms with Crippen LogP contribution in [0.15, 0.2) is 60.7 Å². The summed E-state index contributed by atoms with van der Waals surface area (Å²) < 4.78 is 0. The molecule has 1 amide bonds. The van der Waals surface area contributed by atoms with Crippen LogP contribution in [0.4, 0.5) is 0 Å². The van der Waals surface area contributed by atoms with Crippen molar-refractivity contribution < 1.29 is 4.79 Å². The summed E-state index contributed by atoms with van der Waals surface area (Å²) in [7, 11) is 0. The molecule has 0 aliphatic rings. The van der Waals surface area contributed by atoms with Crippen LogP contribution in [0, 0.1) is 0 Å². The van der Waals surface area contributed by atoms with E-state index in [4.69, 9.17) is 0 Å². The lowest BCUT2D eigenvalue weighted by Crippen LogP contribution is -2.32. The van der Waals surface area contributed by atoms with E-state index >= 15 is 0 Å². The van der Waals surface area contributed by atoms with Gasteiger partial charge in [0.05, 0.1) is 0 Å². The summed E-state index contributed by atoms with van der Waals surface area (Å²) in [6.07, 6.45) is 3.89. The van der Waals surface area contributed by atoms with E-state index < -0.39 is 0 Å². The van der Waals surface area contributed by atoms with Gasteiger partial charge in [-0.2, -0.15) is 0 Å². The van der Waals surface area contributed by atoms with Gasteiger partial charge in [-0.15, -0.1) is 0 Å². The standard InChI is InChI=1S/C19H22N2O/c1-2-8-17-11-6-7-12-18(17)19(22)21-14-13-20-15-16-9-4-3-5-10-16/h2-12,20H,13-15H2,1H3,(H,21,22). The van der Waals surface area contributed by atoms with Gasteiger partial charge in [-0.05, 0) is 24.1 Å². The SMILES string of the molecule is CC=Cc1ccccc1C(=O)NCCNCc1ccccc1. The summed E-state index contributed by atoms with van der Waals surface area (Å²) in [6, 6.07) is 17.8. The van der Waals surface area contributed by atoms with E-state index in [0.29, 0.717) is 12.1 Å². The number of rotatable bonds is 7. The molecule has 0 fully saturated rings. The predicted molar refractivity (Wildman–Crippen MR) is 91.6 cm³/mol. The Morgan fingerprint density at radius 2 is 1.73 bits per heavy atom. The van der Waals surface area contributed by atoms with Crippen LogP contribution in [-0.4, -0.2) is 19.0 Å². The zero-order chi connectivity index (χ0) is 15.6. The maximum Gasteiger partial charge on any atom is 0.251 e. The Kier molecular flexibility index (Phi) is 6.39. The predicted octanol–water partition coefficient (Wildman–Crippen LogP) is 3.24.